The zero-order chi connectivity index (χ0) is 14.4. The topological polar surface area (TPSA) is 73.9 Å². The van der Waals surface area contributed by atoms with Crippen LogP contribution in [0.1, 0.15) is 5.69 Å². The van der Waals surface area contributed by atoms with Crippen LogP contribution in [-0.2, 0) is 11.2 Å². The van der Waals surface area contributed by atoms with Crippen molar-refractivity contribution in [1.29, 1.82) is 0 Å². The Morgan fingerprint density at radius 3 is 2.95 bits per heavy atom. The number of hydrogen-bond donors (Lipinski definition) is 2. The first-order valence-corrected chi connectivity index (χ1v) is 6.59. The van der Waals surface area contributed by atoms with Crippen LogP contribution in [0.5, 0.6) is 0 Å². The molecule has 0 bridgehead atoms. The van der Waals surface area contributed by atoms with Crippen molar-refractivity contribution < 1.29 is 4.79 Å². The van der Waals surface area contributed by atoms with E-state index in [1.807, 2.05) is 7.05 Å². The average Bonchev–Trinajstić information content (AvgIpc) is 2.92. The number of anilines is 1. The van der Waals surface area contributed by atoms with Gasteiger partial charge in [0.2, 0.25) is 5.91 Å². The first-order valence-electron chi connectivity index (χ1n) is 6.22. The zero-order valence-corrected chi connectivity index (χ0v) is 11.9. The van der Waals surface area contributed by atoms with Crippen LogP contribution >= 0.6 is 11.6 Å². The van der Waals surface area contributed by atoms with E-state index in [1.54, 1.807) is 35.8 Å². The number of pyridine rings is 1. The summed E-state index contributed by atoms with van der Waals surface area (Å²) in [6.45, 7) is 0.820. The van der Waals surface area contributed by atoms with Gasteiger partial charge in [-0.15, -0.1) is 0 Å². The van der Waals surface area contributed by atoms with E-state index in [0.29, 0.717) is 17.4 Å². The number of amides is 1. The fourth-order valence-corrected chi connectivity index (χ4v) is 1.82. The molecule has 0 saturated carbocycles. The number of rotatable bonds is 6. The van der Waals surface area contributed by atoms with Gasteiger partial charge in [0.1, 0.15) is 5.82 Å². The number of carbonyl (C=O) groups is 1. The molecule has 0 unspecified atom stereocenters. The Labute approximate surface area is 122 Å². The highest BCUT2D eigenvalue weighted by Crippen LogP contribution is 2.12. The third-order valence-corrected chi connectivity index (χ3v) is 2.98. The molecule has 2 rings (SSSR count). The van der Waals surface area contributed by atoms with Crippen molar-refractivity contribution >= 4 is 23.3 Å². The van der Waals surface area contributed by atoms with Crippen LogP contribution in [-0.4, -0.2) is 41.0 Å². The Bertz CT molecular complexity index is 540. The van der Waals surface area contributed by atoms with Gasteiger partial charge in [0.15, 0.2) is 0 Å². The molecule has 106 valence electrons. The highest BCUT2D eigenvalue weighted by atomic mass is 35.5. The third kappa shape index (κ3) is 4.24. The molecule has 6 nitrogen and oxygen atoms in total. The van der Waals surface area contributed by atoms with Crippen LogP contribution in [0.3, 0.4) is 0 Å². The molecule has 0 aliphatic carbocycles. The van der Waals surface area contributed by atoms with E-state index in [2.05, 4.69) is 20.3 Å². The molecule has 0 spiro atoms. The van der Waals surface area contributed by atoms with Crippen molar-refractivity contribution in [3.63, 3.8) is 0 Å². The molecule has 2 aromatic heterocycles. The monoisotopic (exact) mass is 293 g/mol. The standard InChI is InChI=1S/C13H16ClN5O/c1-19(12-3-2-10(14)6-17-12)8-13(20)16-5-4-11-7-15-9-18-11/h2-3,6-7,9H,4-5,8H2,1H3,(H,15,18)(H,16,20). The molecule has 0 aromatic carbocycles. The number of carbonyl (C=O) groups excluding carboxylic acids is 1. The molecular formula is C13H16ClN5O. The smallest absolute Gasteiger partial charge is 0.239 e. The maximum atomic E-state index is 11.8. The Kier molecular flexibility index (Phi) is 4.95. The normalized spacial score (nSPS) is 10.3. The zero-order valence-electron chi connectivity index (χ0n) is 11.1. The van der Waals surface area contributed by atoms with Crippen LogP contribution in [0, 0.1) is 0 Å². The van der Waals surface area contributed by atoms with E-state index in [4.69, 9.17) is 11.6 Å². The second kappa shape index (κ2) is 6.91. The van der Waals surface area contributed by atoms with Gasteiger partial charge in [-0.3, -0.25) is 4.79 Å². The fraction of sp³-hybridized carbons (Fsp3) is 0.308. The van der Waals surface area contributed by atoms with E-state index < -0.39 is 0 Å². The number of halogens is 1. The first kappa shape index (κ1) is 14.3. The molecule has 0 saturated heterocycles. The van der Waals surface area contributed by atoms with Crippen molar-refractivity contribution in [2.75, 3.05) is 25.0 Å². The highest BCUT2D eigenvalue weighted by molar-refractivity contribution is 6.30. The lowest BCUT2D eigenvalue weighted by atomic mass is 10.3. The summed E-state index contributed by atoms with van der Waals surface area (Å²) in [5, 5.41) is 3.43. The van der Waals surface area contributed by atoms with Crippen molar-refractivity contribution in [2.24, 2.45) is 0 Å². The third-order valence-electron chi connectivity index (χ3n) is 2.76. The number of imidazole rings is 1. The van der Waals surface area contributed by atoms with E-state index >= 15 is 0 Å². The fourth-order valence-electron chi connectivity index (χ4n) is 1.70. The molecule has 0 fully saturated rings. The van der Waals surface area contributed by atoms with E-state index in [1.165, 1.54) is 0 Å². The van der Waals surface area contributed by atoms with Crippen molar-refractivity contribution in [3.8, 4) is 0 Å². The summed E-state index contributed by atoms with van der Waals surface area (Å²) in [4.78, 5) is 24.6. The van der Waals surface area contributed by atoms with Crippen LogP contribution < -0.4 is 10.2 Å². The summed E-state index contributed by atoms with van der Waals surface area (Å²) >= 11 is 5.77. The molecular weight excluding hydrogens is 278 g/mol. The van der Waals surface area contributed by atoms with E-state index in [-0.39, 0.29) is 12.5 Å². The van der Waals surface area contributed by atoms with Crippen LogP contribution in [0.2, 0.25) is 5.02 Å². The lowest BCUT2D eigenvalue weighted by Gasteiger charge is -2.17. The summed E-state index contributed by atoms with van der Waals surface area (Å²) in [7, 11) is 1.81. The van der Waals surface area contributed by atoms with Gasteiger partial charge in [-0.2, -0.15) is 0 Å². The second-order valence-electron chi connectivity index (χ2n) is 4.37. The quantitative estimate of drug-likeness (QED) is 0.841. The van der Waals surface area contributed by atoms with Crippen LogP contribution in [0.15, 0.2) is 30.9 Å². The van der Waals surface area contributed by atoms with E-state index in [9.17, 15) is 4.79 Å². The van der Waals surface area contributed by atoms with Crippen molar-refractivity contribution in [1.82, 2.24) is 20.3 Å². The van der Waals surface area contributed by atoms with Gasteiger partial charge in [-0.1, -0.05) is 11.6 Å². The van der Waals surface area contributed by atoms with Crippen molar-refractivity contribution in [3.05, 3.63) is 41.6 Å². The lowest BCUT2D eigenvalue weighted by Crippen LogP contribution is -2.36. The molecule has 0 atom stereocenters. The highest BCUT2D eigenvalue weighted by Gasteiger charge is 2.08. The Morgan fingerprint density at radius 1 is 1.45 bits per heavy atom. The van der Waals surface area contributed by atoms with Gasteiger partial charge < -0.3 is 15.2 Å². The SMILES string of the molecule is CN(CC(=O)NCCc1cnc[nH]1)c1ccc(Cl)cn1. The largest absolute Gasteiger partial charge is 0.354 e. The van der Waals surface area contributed by atoms with Gasteiger partial charge in [-0.25, -0.2) is 9.97 Å². The van der Waals surface area contributed by atoms with Gasteiger partial charge >= 0.3 is 0 Å². The Balaban J connectivity index is 1.74. The molecule has 20 heavy (non-hydrogen) atoms. The molecule has 0 aliphatic heterocycles. The number of nitrogens with zero attached hydrogens (tertiary/aromatic N) is 3. The summed E-state index contributed by atoms with van der Waals surface area (Å²) in [5.41, 5.74) is 0.998. The predicted octanol–water partition coefficient (Wildman–Crippen LogP) is 1.25. The molecule has 1 amide bonds. The number of nitrogens with one attached hydrogen (secondary N) is 2. The van der Waals surface area contributed by atoms with Crippen LogP contribution in [0.4, 0.5) is 5.82 Å². The van der Waals surface area contributed by atoms with Crippen LogP contribution in [0.25, 0.3) is 0 Å². The molecule has 0 radical (unpaired) electrons. The summed E-state index contributed by atoms with van der Waals surface area (Å²) in [5.74, 6) is 0.655. The summed E-state index contributed by atoms with van der Waals surface area (Å²) < 4.78 is 0. The molecule has 7 heteroatoms. The Morgan fingerprint density at radius 2 is 2.30 bits per heavy atom. The molecule has 2 aromatic rings. The number of aromatic amines is 1. The summed E-state index contributed by atoms with van der Waals surface area (Å²) in [6, 6.07) is 3.52. The Hall–Kier alpha value is -2.08. The van der Waals surface area contributed by atoms with Gasteiger partial charge in [0.25, 0.3) is 0 Å². The van der Waals surface area contributed by atoms with Gasteiger partial charge in [-0.05, 0) is 12.1 Å². The lowest BCUT2D eigenvalue weighted by molar-refractivity contribution is -0.119. The minimum absolute atomic E-state index is 0.0521. The van der Waals surface area contributed by atoms with Gasteiger partial charge in [0, 0.05) is 38.1 Å². The first-order chi connectivity index (χ1) is 9.65. The molecule has 0 aliphatic rings. The van der Waals surface area contributed by atoms with Crippen molar-refractivity contribution in [2.45, 2.75) is 6.42 Å². The number of likely N-dealkylation sites (N-methyl/N-ethyl adjacent to an activating group) is 1. The van der Waals surface area contributed by atoms with Gasteiger partial charge in [0.05, 0.1) is 17.9 Å². The maximum Gasteiger partial charge on any atom is 0.239 e. The molecule has 2 N–H and O–H groups in total. The number of H-pyrrole nitrogens is 1. The minimum Gasteiger partial charge on any atom is -0.354 e. The maximum absolute atomic E-state index is 11.8. The average molecular weight is 294 g/mol. The number of hydrogen-bond acceptors (Lipinski definition) is 4. The van der Waals surface area contributed by atoms with E-state index in [0.717, 1.165) is 12.1 Å². The second-order valence-corrected chi connectivity index (χ2v) is 4.80. The number of aromatic nitrogens is 3. The summed E-state index contributed by atoms with van der Waals surface area (Å²) in [6.07, 6.45) is 5.66. The molecule has 2 heterocycles. The minimum atomic E-state index is -0.0521. The predicted molar refractivity (Wildman–Crippen MR) is 77.8 cm³/mol.